The minimum absolute atomic E-state index is 0.00559. The molecule has 1 heterocycles. The van der Waals surface area contributed by atoms with E-state index in [0.717, 1.165) is 29.8 Å². The number of nitrogens with zero attached hydrogens (tertiary/aromatic N) is 1. The fourth-order valence-corrected chi connectivity index (χ4v) is 3.10. The Hall–Kier alpha value is -0.610. The zero-order valence-corrected chi connectivity index (χ0v) is 10.0. The highest BCUT2D eigenvalue weighted by atomic mass is 35.5. The monoisotopic (exact) mass is 245 g/mol. The maximum absolute atomic E-state index is 11.5. The number of carbonyl (C=O) groups excluding carboxylic acids is 1. The summed E-state index contributed by atoms with van der Waals surface area (Å²) in [5, 5.41) is 0. The van der Waals surface area contributed by atoms with Crippen molar-refractivity contribution in [3.63, 3.8) is 0 Å². The molecule has 0 unspecified atom stereocenters. The number of halogens is 1. The molecule has 0 amide bonds. The van der Waals surface area contributed by atoms with E-state index in [1.807, 2.05) is 6.92 Å². The summed E-state index contributed by atoms with van der Waals surface area (Å²) in [5.41, 5.74) is 1.06. The Balaban J connectivity index is 2.08. The standard InChI is InChI=1S/C10H12ClNO2S/c1-2-14-9(13)6-3-4-7-8(5-6)15-10(11)12-7/h6H,2-5H2,1H3/t6-/m0/s1. The fraction of sp³-hybridized carbons (Fsp3) is 0.600. The molecule has 1 aliphatic carbocycles. The molecule has 0 fully saturated rings. The third-order valence-corrected chi connectivity index (χ3v) is 3.76. The van der Waals surface area contributed by atoms with Gasteiger partial charge >= 0.3 is 5.97 Å². The van der Waals surface area contributed by atoms with E-state index in [1.54, 1.807) is 0 Å². The van der Waals surface area contributed by atoms with E-state index < -0.39 is 0 Å². The van der Waals surface area contributed by atoms with Crippen molar-refractivity contribution in [1.82, 2.24) is 4.98 Å². The number of esters is 1. The van der Waals surface area contributed by atoms with Gasteiger partial charge in [-0.25, -0.2) is 4.98 Å². The number of fused-ring (bicyclic) bond motifs is 1. The van der Waals surface area contributed by atoms with Crippen molar-refractivity contribution in [2.24, 2.45) is 5.92 Å². The van der Waals surface area contributed by atoms with Crippen LogP contribution in [0.15, 0.2) is 0 Å². The number of hydrogen-bond donors (Lipinski definition) is 0. The van der Waals surface area contributed by atoms with Gasteiger partial charge in [-0.1, -0.05) is 11.6 Å². The number of carbonyl (C=O) groups is 1. The summed E-state index contributed by atoms with van der Waals surface area (Å²) in [5.74, 6) is -0.0957. The topological polar surface area (TPSA) is 39.2 Å². The summed E-state index contributed by atoms with van der Waals surface area (Å²) in [4.78, 5) is 16.9. The van der Waals surface area contributed by atoms with E-state index in [0.29, 0.717) is 11.1 Å². The summed E-state index contributed by atoms with van der Waals surface area (Å²) in [6.45, 7) is 2.28. The van der Waals surface area contributed by atoms with Gasteiger partial charge in [-0.2, -0.15) is 0 Å². The summed E-state index contributed by atoms with van der Waals surface area (Å²) >= 11 is 7.31. The average molecular weight is 246 g/mol. The van der Waals surface area contributed by atoms with E-state index >= 15 is 0 Å². The normalized spacial score (nSPS) is 19.7. The second kappa shape index (κ2) is 4.49. The highest BCUT2D eigenvalue weighted by Gasteiger charge is 2.28. The maximum atomic E-state index is 11.5. The molecule has 0 aromatic carbocycles. The molecule has 5 heteroatoms. The lowest BCUT2D eigenvalue weighted by atomic mass is 9.91. The molecule has 1 atom stereocenters. The van der Waals surface area contributed by atoms with Gasteiger partial charge in [0.25, 0.3) is 0 Å². The molecule has 0 aliphatic heterocycles. The van der Waals surface area contributed by atoms with E-state index in [9.17, 15) is 4.79 Å². The molecule has 82 valence electrons. The van der Waals surface area contributed by atoms with Crippen LogP contribution in [0.1, 0.15) is 23.9 Å². The Labute approximate surface area is 97.4 Å². The predicted octanol–water partition coefficient (Wildman–Crippen LogP) is 2.46. The molecule has 0 saturated carbocycles. The largest absolute Gasteiger partial charge is 0.466 e. The van der Waals surface area contributed by atoms with Crippen molar-refractivity contribution in [2.45, 2.75) is 26.2 Å². The van der Waals surface area contributed by atoms with E-state index in [4.69, 9.17) is 16.3 Å². The molecule has 15 heavy (non-hydrogen) atoms. The number of hydrogen-bond acceptors (Lipinski definition) is 4. The first-order valence-electron chi connectivity index (χ1n) is 5.01. The Morgan fingerprint density at radius 2 is 2.53 bits per heavy atom. The lowest BCUT2D eigenvalue weighted by Gasteiger charge is -2.19. The van der Waals surface area contributed by atoms with E-state index in [2.05, 4.69) is 4.98 Å². The van der Waals surface area contributed by atoms with Crippen LogP contribution in [0, 0.1) is 5.92 Å². The van der Waals surface area contributed by atoms with Gasteiger partial charge in [0, 0.05) is 4.88 Å². The molecule has 1 aromatic rings. The summed E-state index contributed by atoms with van der Waals surface area (Å²) in [6, 6.07) is 0. The molecule has 0 N–H and O–H groups in total. The quantitative estimate of drug-likeness (QED) is 0.752. The number of aromatic nitrogens is 1. The Kier molecular flexibility index (Phi) is 3.26. The van der Waals surface area contributed by atoms with Gasteiger partial charge in [-0.05, 0) is 26.2 Å². The van der Waals surface area contributed by atoms with Crippen molar-refractivity contribution < 1.29 is 9.53 Å². The molecular weight excluding hydrogens is 234 g/mol. The predicted molar refractivity (Wildman–Crippen MR) is 59.3 cm³/mol. The molecule has 0 spiro atoms. The molecule has 2 rings (SSSR count). The zero-order valence-electron chi connectivity index (χ0n) is 8.46. The third kappa shape index (κ3) is 2.32. The number of aryl methyl sites for hydroxylation is 1. The zero-order chi connectivity index (χ0) is 10.8. The van der Waals surface area contributed by atoms with Crippen molar-refractivity contribution in [1.29, 1.82) is 0 Å². The first kappa shape index (κ1) is 10.9. The molecule has 3 nitrogen and oxygen atoms in total. The Bertz CT molecular complexity index is 377. The summed E-state index contributed by atoms with van der Waals surface area (Å²) < 4.78 is 5.59. The highest BCUT2D eigenvalue weighted by Crippen LogP contribution is 2.32. The van der Waals surface area contributed by atoms with Gasteiger partial charge in [0.2, 0.25) is 0 Å². The molecule has 1 aliphatic rings. The van der Waals surface area contributed by atoms with Gasteiger partial charge in [-0.15, -0.1) is 11.3 Å². The molecule has 0 radical (unpaired) electrons. The van der Waals surface area contributed by atoms with Gasteiger partial charge in [0.15, 0.2) is 4.47 Å². The molecule has 1 aromatic heterocycles. The smallest absolute Gasteiger partial charge is 0.309 e. The second-order valence-electron chi connectivity index (χ2n) is 3.53. The van der Waals surface area contributed by atoms with Crippen LogP contribution in [0.2, 0.25) is 4.47 Å². The van der Waals surface area contributed by atoms with E-state index in [-0.39, 0.29) is 11.9 Å². The Morgan fingerprint density at radius 3 is 3.27 bits per heavy atom. The molecular formula is C10H12ClNO2S. The number of ether oxygens (including phenoxy) is 1. The Morgan fingerprint density at radius 1 is 1.73 bits per heavy atom. The van der Waals surface area contributed by atoms with Gasteiger partial charge in [0.05, 0.1) is 18.2 Å². The van der Waals surface area contributed by atoms with Gasteiger partial charge < -0.3 is 4.74 Å². The van der Waals surface area contributed by atoms with Crippen LogP contribution in [0.3, 0.4) is 0 Å². The fourth-order valence-electron chi connectivity index (χ4n) is 1.80. The van der Waals surface area contributed by atoms with Crippen LogP contribution in [0.5, 0.6) is 0 Å². The molecule has 0 bridgehead atoms. The second-order valence-corrected chi connectivity index (χ2v) is 5.19. The first-order valence-corrected chi connectivity index (χ1v) is 6.21. The maximum Gasteiger partial charge on any atom is 0.309 e. The summed E-state index contributed by atoms with van der Waals surface area (Å²) in [7, 11) is 0. The minimum Gasteiger partial charge on any atom is -0.466 e. The number of thiazole rings is 1. The third-order valence-electron chi connectivity index (χ3n) is 2.53. The SMILES string of the molecule is CCOC(=O)[C@H]1CCc2nc(Cl)sc2C1. The van der Waals surface area contributed by atoms with Crippen LogP contribution in [-0.2, 0) is 22.4 Å². The lowest BCUT2D eigenvalue weighted by Crippen LogP contribution is -2.24. The van der Waals surface area contributed by atoms with Crippen LogP contribution in [0.4, 0.5) is 0 Å². The van der Waals surface area contributed by atoms with Crippen molar-refractivity contribution in [3.05, 3.63) is 15.0 Å². The number of rotatable bonds is 2. The van der Waals surface area contributed by atoms with E-state index in [1.165, 1.54) is 11.3 Å². The van der Waals surface area contributed by atoms with Crippen LogP contribution in [-0.4, -0.2) is 17.6 Å². The molecule has 0 saturated heterocycles. The minimum atomic E-state index is -0.0901. The van der Waals surface area contributed by atoms with Crippen molar-refractivity contribution >= 4 is 28.9 Å². The summed E-state index contributed by atoms with van der Waals surface area (Å²) in [6.07, 6.45) is 2.40. The lowest BCUT2D eigenvalue weighted by molar-refractivity contribution is -0.148. The average Bonchev–Trinajstić information content (AvgIpc) is 2.57. The highest BCUT2D eigenvalue weighted by molar-refractivity contribution is 7.15. The van der Waals surface area contributed by atoms with Crippen molar-refractivity contribution in [2.75, 3.05) is 6.61 Å². The van der Waals surface area contributed by atoms with Gasteiger partial charge in [0.1, 0.15) is 0 Å². The van der Waals surface area contributed by atoms with Gasteiger partial charge in [-0.3, -0.25) is 4.79 Å². The van der Waals surface area contributed by atoms with Crippen LogP contribution < -0.4 is 0 Å². The van der Waals surface area contributed by atoms with Crippen LogP contribution >= 0.6 is 22.9 Å². The van der Waals surface area contributed by atoms with Crippen LogP contribution in [0.25, 0.3) is 0 Å². The van der Waals surface area contributed by atoms with Crippen molar-refractivity contribution in [3.8, 4) is 0 Å². The first-order chi connectivity index (χ1) is 7.20.